The first-order valence-electron chi connectivity index (χ1n) is 5.06. The highest BCUT2D eigenvalue weighted by molar-refractivity contribution is 6.18. The quantitative estimate of drug-likeness (QED) is 0.456. The second kappa shape index (κ2) is 5.16. The third kappa shape index (κ3) is 3.34. The van der Waals surface area contributed by atoms with E-state index in [4.69, 9.17) is 11.5 Å². The average Bonchev–Trinajstić information content (AvgIpc) is 2.51. The van der Waals surface area contributed by atoms with E-state index in [1.165, 1.54) is 0 Å². The smallest absolute Gasteiger partial charge is 0.254 e. The van der Waals surface area contributed by atoms with Crippen molar-refractivity contribution in [3.8, 4) is 0 Å². The zero-order valence-electron chi connectivity index (χ0n) is 9.78. The lowest BCUT2D eigenvalue weighted by Gasteiger charge is -1.90. The topological polar surface area (TPSA) is 98.2 Å². The van der Waals surface area contributed by atoms with E-state index in [1.54, 1.807) is 38.1 Å². The van der Waals surface area contributed by atoms with E-state index < -0.39 is 0 Å². The molecule has 1 aliphatic rings. The predicted molar refractivity (Wildman–Crippen MR) is 66.8 cm³/mol. The summed E-state index contributed by atoms with van der Waals surface area (Å²) < 4.78 is 0. The number of rotatable bonds is 0. The van der Waals surface area contributed by atoms with Crippen LogP contribution < -0.4 is 16.8 Å². The van der Waals surface area contributed by atoms with Gasteiger partial charge in [0.2, 0.25) is 0 Å². The van der Waals surface area contributed by atoms with Gasteiger partial charge in [0.1, 0.15) is 0 Å². The summed E-state index contributed by atoms with van der Waals surface area (Å²) in [6.45, 7) is 3.27. The summed E-state index contributed by atoms with van der Waals surface area (Å²) in [6, 6.07) is 7.09. The van der Waals surface area contributed by atoms with Gasteiger partial charge in [0.05, 0.1) is 0 Å². The first-order valence-corrected chi connectivity index (χ1v) is 5.06. The molecule has 0 saturated carbocycles. The fourth-order valence-electron chi connectivity index (χ4n) is 1.13. The highest BCUT2D eigenvalue weighted by atomic mass is 16.2. The number of hydrogen-bond acceptors (Lipinski definition) is 4. The molecule has 5 nitrogen and oxygen atoms in total. The van der Waals surface area contributed by atoms with Gasteiger partial charge in [-0.2, -0.15) is 0 Å². The van der Waals surface area contributed by atoms with Crippen LogP contribution in [-0.2, 0) is 9.59 Å². The normalized spacial score (nSPS) is 14.2. The zero-order chi connectivity index (χ0) is 13.0. The molecule has 5 heteroatoms. The van der Waals surface area contributed by atoms with E-state index in [2.05, 4.69) is 5.32 Å². The number of benzene rings is 1. The highest BCUT2D eigenvalue weighted by Crippen LogP contribution is 2.09. The Kier molecular flexibility index (Phi) is 3.87. The predicted octanol–water partition coefficient (Wildman–Crippen LogP) is 0.830. The van der Waals surface area contributed by atoms with Crippen LogP contribution in [0.15, 0.2) is 35.4 Å². The van der Waals surface area contributed by atoms with Crippen molar-refractivity contribution < 1.29 is 9.59 Å². The van der Waals surface area contributed by atoms with Crippen molar-refractivity contribution in [2.45, 2.75) is 13.8 Å². The Bertz CT molecular complexity index is 432. The van der Waals surface area contributed by atoms with Gasteiger partial charge in [-0.3, -0.25) is 14.9 Å². The molecule has 1 aliphatic heterocycles. The third-order valence-electron chi connectivity index (χ3n) is 2.41. The number of anilines is 2. The van der Waals surface area contributed by atoms with Crippen LogP contribution in [0.1, 0.15) is 13.8 Å². The highest BCUT2D eigenvalue weighted by Gasteiger charge is 2.22. The van der Waals surface area contributed by atoms with Gasteiger partial charge in [0.25, 0.3) is 11.8 Å². The molecule has 0 aliphatic carbocycles. The first kappa shape index (κ1) is 12.8. The van der Waals surface area contributed by atoms with E-state index in [9.17, 15) is 9.59 Å². The van der Waals surface area contributed by atoms with Crippen molar-refractivity contribution in [3.05, 3.63) is 35.4 Å². The third-order valence-corrected chi connectivity index (χ3v) is 2.41. The van der Waals surface area contributed by atoms with Gasteiger partial charge in [-0.15, -0.1) is 0 Å². The van der Waals surface area contributed by atoms with Gasteiger partial charge in [0.15, 0.2) is 0 Å². The molecule has 17 heavy (non-hydrogen) atoms. The molecule has 0 radical (unpaired) electrons. The maximum absolute atomic E-state index is 10.6. The van der Waals surface area contributed by atoms with Gasteiger partial charge in [-0.1, -0.05) is 0 Å². The van der Waals surface area contributed by atoms with Gasteiger partial charge >= 0.3 is 0 Å². The van der Waals surface area contributed by atoms with Crippen LogP contribution in [-0.4, -0.2) is 11.8 Å². The van der Waals surface area contributed by atoms with Gasteiger partial charge in [0, 0.05) is 22.5 Å². The average molecular weight is 233 g/mol. The number of imide groups is 1. The standard InChI is InChI=1S/C6H8N2.C6H7NO2/c7-5-1-2-6(8)4-3-5;1-3-4(2)6(9)7-5(3)8/h1-4H,7-8H2;1-2H3,(H,7,8,9). The van der Waals surface area contributed by atoms with Crippen LogP contribution in [0.25, 0.3) is 0 Å². The molecule has 0 saturated heterocycles. The monoisotopic (exact) mass is 233 g/mol. The summed E-state index contributed by atoms with van der Waals surface area (Å²) in [7, 11) is 0. The van der Waals surface area contributed by atoms with E-state index in [0.29, 0.717) is 11.1 Å². The van der Waals surface area contributed by atoms with Crippen LogP contribution in [0, 0.1) is 0 Å². The molecule has 0 aromatic heterocycles. The molecule has 0 unspecified atom stereocenters. The lowest BCUT2D eigenvalue weighted by molar-refractivity contribution is -0.124. The minimum atomic E-state index is -0.266. The number of nitrogens with two attached hydrogens (primary N) is 2. The fraction of sp³-hybridized carbons (Fsp3) is 0.167. The first-order chi connectivity index (χ1) is 7.91. The fourth-order valence-corrected chi connectivity index (χ4v) is 1.13. The van der Waals surface area contributed by atoms with Gasteiger partial charge < -0.3 is 11.5 Å². The number of hydrogen-bond donors (Lipinski definition) is 3. The lowest BCUT2D eigenvalue weighted by Crippen LogP contribution is -2.22. The Morgan fingerprint density at radius 1 is 0.824 bits per heavy atom. The Balaban J connectivity index is 0.000000171. The molecule has 0 fully saturated rings. The molecule has 5 N–H and O–H groups in total. The minimum absolute atomic E-state index is 0.266. The lowest BCUT2D eigenvalue weighted by atomic mass is 10.2. The molecule has 0 atom stereocenters. The van der Waals surface area contributed by atoms with Crippen molar-refractivity contribution in [1.82, 2.24) is 5.32 Å². The Labute approximate surface area is 99.5 Å². The second-order valence-corrected chi connectivity index (χ2v) is 3.70. The second-order valence-electron chi connectivity index (χ2n) is 3.70. The van der Waals surface area contributed by atoms with Crippen LogP contribution in [0.4, 0.5) is 11.4 Å². The molecule has 1 aromatic rings. The van der Waals surface area contributed by atoms with Crippen LogP contribution in [0.2, 0.25) is 0 Å². The van der Waals surface area contributed by atoms with Crippen LogP contribution in [0.5, 0.6) is 0 Å². The van der Waals surface area contributed by atoms with E-state index in [1.807, 2.05) is 0 Å². The minimum Gasteiger partial charge on any atom is -0.399 e. The maximum Gasteiger partial charge on any atom is 0.254 e. The summed E-state index contributed by atoms with van der Waals surface area (Å²) in [4.78, 5) is 21.2. The Morgan fingerprint density at radius 2 is 1.12 bits per heavy atom. The summed E-state index contributed by atoms with van der Waals surface area (Å²) >= 11 is 0. The Morgan fingerprint density at radius 3 is 1.29 bits per heavy atom. The summed E-state index contributed by atoms with van der Waals surface area (Å²) in [6.07, 6.45) is 0. The molecular formula is C12H15N3O2. The molecule has 90 valence electrons. The molecular weight excluding hydrogens is 218 g/mol. The van der Waals surface area contributed by atoms with E-state index >= 15 is 0 Å². The number of nitrogens with one attached hydrogen (secondary N) is 1. The number of carbonyl (C=O) groups is 2. The molecule has 2 rings (SSSR count). The van der Waals surface area contributed by atoms with Crippen molar-refractivity contribution in [2.24, 2.45) is 0 Å². The van der Waals surface area contributed by atoms with Crippen molar-refractivity contribution in [2.75, 3.05) is 11.5 Å². The SMILES string of the molecule is CC1=C(C)C(=O)NC1=O.Nc1ccc(N)cc1. The maximum atomic E-state index is 10.6. The number of amides is 2. The number of nitrogen functional groups attached to an aromatic ring is 2. The summed E-state index contributed by atoms with van der Waals surface area (Å²) in [5, 5.41) is 2.16. The van der Waals surface area contributed by atoms with Crippen LogP contribution in [0.3, 0.4) is 0 Å². The van der Waals surface area contributed by atoms with Crippen molar-refractivity contribution >= 4 is 23.2 Å². The van der Waals surface area contributed by atoms with Crippen molar-refractivity contribution in [1.29, 1.82) is 0 Å². The zero-order valence-corrected chi connectivity index (χ0v) is 9.78. The molecule has 0 spiro atoms. The molecule has 1 aromatic carbocycles. The Hall–Kier alpha value is -2.30. The van der Waals surface area contributed by atoms with Gasteiger partial charge in [-0.25, -0.2) is 0 Å². The largest absolute Gasteiger partial charge is 0.399 e. The van der Waals surface area contributed by atoms with Crippen molar-refractivity contribution in [3.63, 3.8) is 0 Å². The summed E-state index contributed by atoms with van der Waals surface area (Å²) in [5.74, 6) is -0.532. The summed E-state index contributed by atoms with van der Waals surface area (Å²) in [5.41, 5.74) is 13.3. The van der Waals surface area contributed by atoms with Crippen LogP contribution >= 0.6 is 0 Å². The van der Waals surface area contributed by atoms with E-state index in [0.717, 1.165) is 11.4 Å². The molecule has 2 amide bonds. The molecule has 1 heterocycles. The number of carbonyl (C=O) groups excluding carboxylic acids is 2. The molecule has 0 bridgehead atoms. The van der Waals surface area contributed by atoms with E-state index in [-0.39, 0.29) is 11.8 Å². The van der Waals surface area contributed by atoms with Gasteiger partial charge in [-0.05, 0) is 38.1 Å².